The molecule has 2 atom stereocenters. The fourth-order valence-corrected chi connectivity index (χ4v) is 3.88. The molecule has 7 nitrogen and oxygen atoms in total. The molecule has 152 valence electrons. The van der Waals surface area contributed by atoms with Crippen LogP contribution in [0.4, 0.5) is 0 Å². The lowest BCUT2D eigenvalue weighted by atomic mass is 10.1. The van der Waals surface area contributed by atoms with E-state index in [1.165, 1.54) is 5.56 Å². The average molecular weight is 393 g/mol. The molecule has 0 spiro atoms. The first-order chi connectivity index (χ1) is 14.1. The van der Waals surface area contributed by atoms with Gasteiger partial charge in [-0.25, -0.2) is 10.9 Å². The van der Waals surface area contributed by atoms with Gasteiger partial charge in [-0.05, 0) is 31.0 Å². The fourth-order valence-electron chi connectivity index (χ4n) is 3.88. The number of carbonyl (C=O) groups excluding carboxylic acids is 2. The van der Waals surface area contributed by atoms with Crippen molar-refractivity contribution in [3.63, 3.8) is 0 Å². The van der Waals surface area contributed by atoms with E-state index in [1.54, 1.807) is 6.20 Å². The summed E-state index contributed by atoms with van der Waals surface area (Å²) in [4.78, 5) is 33.5. The van der Waals surface area contributed by atoms with E-state index in [0.717, 1.165) is 11.3 Å². The second-order valence-corrected chi connectivity index (χ2v) is 7.75. The Labute approximate surface area is 171 Å². The van der Waals surface area contributed by atoms with E-state index in [4.69, 9.17) is 0 Å². The Kier molecular flexibility index (Phi) is 5.87. The number of piperazine rings is 1. The number of aryl methyl sites for hydroxylation is 1. The lowest BCUT2D eigenvalue weighted by Gasteiger charge is -2.36. The van der Waals surface area contributed by atoms with E-state index in [9.17, 15) is 9.59 Å². The molecule has 2 aliphatic rings. The van der Waals surface area contributed by atoms with Gasteiger partial charge in [-0.1, -0.05) is 35.9 Å². The predicted octanol–water partition coefficient (Wildman–Crippen LogP) is 1.21. The zero-order valence-corrected chi connectivity index (χ0v) is 16.7. The number of amides is 2. The van der Waals surface area contributed by atoms with E-state index in [2.05, 4.69) is 15.8 Å². The van der Waals surface area contributed by atoms with Crippen LogP contribution in [0.25, 0.3) is 0 Å². The molecule has 0 bridgehead atoms. The van der Waals surface area contributed by atoms with Crippen LogP contribution >= 0.6 is 0 Å². The summed E-state index contributed by atoms with van der Waals surface area (Å²) in [5.74, 6) is 0.207. The highest BCUT2D eigenvalue weighted by Crippen LogP contribution is 2.21. The first-order valence-electron chi connectivity index (χ1n) is 10.1. The number of benzene rings is 1. The summed E-state index contributed by atoms with van der Waals surface area (Å²) in [6, 6.07) is 13.6. The smallest absolute Gasteiger partial charge is 0.241 e. The fraction of sp³-hybridized carbons (Fsp3) is 0.409. The lowest BCUT2D eigenvalue weighted by Crippen LogP contribution is -2.54. The molecule has 2 unspecified atom stereocenters. The van der Waals surface area contributed by atoms with Crippen molar-refractivity contribution >= 4 is 11.8 Å². The molecule has 2 aromatic rings. The second kappa shape index (κ2) is 8.71. The van der Waals surface area contributed by atoms with Crippen molar-refractivity contribution in [2.45, 2.75) is 31.8 Å². The number of nitrogens with one attached hydrogen (secondary N) is 2. The topological polar surface area (TPSA) is 77.6 Å². The zero-order valence-electron chi connectivity index (χ0n) is 16.7. The van der Waals surface area contributed by atoms with Crippen molar-refractivity contribution in [2.75, 3.05) is 26.2 Å². The van der Waals surface area contributed by atoms with E-state index in [0.29, 0.717) is 39.0 Å². The van der Waals surface area contributed by atoms with Gasteiger partial charge in [0.05, 0.1) is 18.2 Å². The van der Waals surface area contributed by atoms with Gasteiger partial charge < -0.3 is 9.80 Å². The van der Waals surface area contributed by atoms with Gasteiger partial charge in [0.2, 0.25) is 11.8 Å². The Bertz CT molecular complexity index is 847. The molecule has 1 aromatic heterocycles. The Morgan fingerprint density at radius 2 is 1.72 bits per heavy atom. The van der Waals surface area contributed by atoms with Gasteiger partial charge in [0, 0.05) is 32.4 Å². The molecular weight excluding hydrogens is 366 g/mol. The third-order valence-electron chi connectivity index (χ3n) is 5.67. The predicted molar refractivity (Wildman–Crippen MR) is 110 cm³/mol. The normalized spacial score (nSPS) is 22.0. The monoisotopic (exact) mass is 393 g/mol. The van der Waals surface area contributed by atoms with Gasteiger partial charge in [-0.2, -0.15) is 0 Å². The summed E-state index contributed by atoms with van der Waals surface area (Å²) in [6.07, 6.45) is 2.84. The first kappa shape index (κ1) is 19.5. The van der Waals surface area contributed by atoms with Crippen LogP contribution in [-0.2, 0) is 16.0 Å². The minimum absolute atomic E-state index is 0.0301. The average Bonchev–Trinajstić information content (AvgIpc) is 3.26. The highest BCUT2D eigenvalue weighted by molar-refractivity contribution is 5.83. The van der Waals surface area contributed by atoms with Crippen molar-refractivity contribution in [2.24, 2.45) is 0 Å². The number of hydrogen-bond acceptors (Lipinski definition) is 5. The molecule has 1 aromatic carbocycles. The second-order valence-electron chi connectivity index (χ2n) is 7.75. The number of hydrazine groups is 1. The van der Waals surface area contributed by atoms with Crippen molar-refractivity contribution in [3.8, 4) is 0 Å². The minimum Gasteiger partial charge on any atom is -0.339 e. The summed E-state index contributed by atoms with van der Waals surface area (Å²) in [5, 5.41) is 0. The number of pyridine rings is 1. The van der Waals surface area contributed by atoms with Gasteiger partial charge in [-0.15, -0.1) is 0 Å². The summed E-state index contributed by atoms with van der Waals surface area (Å²) in [5.41, 5.74) is 9.44. The zero-order chi connectivity index (χ0) is 20.2. The summed E-state index contributed by atoms with van der Waals surface area (Å²) >= 11 is 0. The third-order valence-corrected chi connectivity index (χ3v) is 5.67. The van der Waals surface area contributed by atoms with Crippen LogP contribution < -0.4 is 10.9 Å². The Morgan fingerprint density at radius 3 is 2.41 bits per heavy atom. The standard InChI is InChI=1S/C22H27N5O2/c1-16-5-7-17(8-6-16)14-21(28)26-10-12-27(13-11-26)22(29)20-15-19(24-25-20)18-4-2-3-9-23-18/h2-9,19-20,24-25H,10-15H2,1H3. The Morgan fingerprint density at radius 1 is 1.00 bits per heavy atom. The van der Waals surface area contributed by atoms with E-state index in [-0.39, 0.29) is 23.9 Å². The molecule has 0 aliphatic carbocycles. The van der Waals surface area contributed by atoms with Gasteiger partial charge in [-0.3, -0.25) is 14.6 Å². The molecule has 7 heteroatoms. The summed E-state index contributed by atoms with van der Waals surface area (Å²) < 4.78 is 0. The van der Waals surface area contributed by atoms with Crippen molar-refractivity contribution in [1.29, 1.82) is 0 Å². The van der Waals surface area contributed by atoms with Crippen molar-refractivity contribution in [1.82, 2.24) is 25.6 Å². The van der Waals surface area contributed by atoms with Gasteiger partial charge in [0.15, 0.2) is 0 Å². The third kappa shape index (κ3) is 4.63. The molecule has 2 fully saturated rings. The van der Waals surface area contributed by atoms with Gasteiger partial charge >= 0.3 is 0 Å². The molecule has 0 saturated carbocycles. The van der Waals surface area contributed by atoms with Crippen LogP contribution in [0.3, 0.4) is 0 Å². The highest BCUT2D eigenvalue weighted by atomic mass is 16.2. The molecule has 2 saturated heterocycles. The molecule has 2 amide bonds. The molecule has 29 heavy (non-hydrogen) atoms. The van der Waals surface area contributed by atoms with Crippen LogP contribution in [0.5, 0.6) is 0 Å². The number of nitrogens with zero attached hydrogens (tertiary/aromatic N) is 3. The molecular formula is C22H27N5O2. The quantitative estimate of drug-likeness (QED) is 0.817. The minimum atomic E-state index is -0.267. The first-order valence-corrected chi connectivity index (χ1v) is 10.1. The Hall–Kier alpha value is -2.77. The maximum atomic E-state index is 12.9. The summed E-state index contributed by atoms with van der Waals surface area (Å²) in [7, 11) is 0. The van der Waals surface area contributed by atoms with Crippen LogP contribution in [0, 0.1) is 6.92 Å². The number of carbonyl (C=O) groups is 2. The van der Waals surface area contributed by atoms with Gasteiger partial charge in [0.25, 0.3) is 0 Å². The number of rotatable bonds is 4. The molecule has 2 N–H and O–H groups in total. The van der Waals surface area contributed by atoms with Crippen LogP contribution in [0.2, 0.25) is 0 Å². The molecule has 4 rings (SSSR count). The largest absolute Gasteiger partial charge is 0.339 e. The number of hydrogen-bond donors (Lipinski definition) is 2. The summed E-state index contributed by atoms with van der Waals surface area (Å²) in [6.45, 7) is 4.35. The van der Waals surface area contributed by atoms with E-state index in [1.807, 2.05) is 59.2 Å². The van der Waals surface area contributed by atoms with Crippen molar-refractivity contribution in [3.05, 3.63) is 65.5 Å². The van der Waals surface area contributed by atoms with Crippen LogP contribution in [-0.4, -0.2) is 58.8 Å². The molecule has 2 aliphatic heterocycles. The number of aromatic nitrogens is 1. The SMILES string of the molecule is Cc1ccc(CC(=O)N2CCN(C(=O)C3CC(c4ccccn4)NN3)CC2)cc1. The van der Waals surface area contributed by atoms with Crippen molar-refractivity contribution < 1.29 is 9.59 Å². The molecule has 3 heterocycles. The molecule has 0 radical (unpaired) electrons. The Balaban J connectivity index is 1.26. The highest BCUT2D eigenvalue weighted by Gasteiger charge is 2.35. The maximum absolute atomic E-state index is 12.9. The lowest BCUT2D eigenvalue weighted by molar-refractivity contribution is -0.140. The maximum Gasteiger partial charge on any atom is 0.241 e. The van der Waals surface area contributed by atoms with E-state index >= 15 is 0 Å². The van der Waals surface area contributed by atoms with Gasteiger partial charge in [0.1, 0.15) is 6.04 Å². The van der Waals surface area contributed by atoms with E-state index < -0.39 is 0 Å². The van der Waals surface area contributed by atoms with Crippen LogP contribution in [0.1, 0.15) is 29.3 Å². The van der Waals surface area contributed by atoms with Crippen LogP contribution in [0.15, 0.2) is 48.7 Å².